The Balaban J connectivity index is 1.63. The smallest absolute Gasteiger partial charge is 0.227 e. The molecule has 1 N–H and O–H groups in total. The number of nitrogens with zero attached hydrogens (tertiary/aromatic N) is 4. The molecule has 0 saturated carbocycles. The second kappa shape index (κ2) is 8.12. The van der Waals surface area contributed by atoms with E-state index < -0.39 is 0 Å². The van der Waals surface area contributed by atoms with Gasteiger partial charge >= 0.3 is 0 Å². The Labute approximate surface area is 165 Å². The molecule has 3 aromatic rings. The first kappa shape index (κ1) is 18.8. The normalized spacial score (nSPS) is 10.9. The Bertz CT molecular complexity index is 914. The van der Waals surface area contributed by atoms with Crippen molar-refractivity contribution in [3.05, 3.63) is 63.0 Å². The Morgan fingerprint density at radius 2 is 1.96 bits per heavy atom. The van der Waals surface area contributed by atoms with E-state index in [0.29, 0.717) is 34.0 Å². The van der Waals surface area contributed by atoms with Gasteiger partial charge in [0.15, 0.2) is 5.82 Å². The van der Waals surface area contributed by atoms with Gasteiger partial charge in [0.1, 0.15) is 0 Å². The highest BCUT2D eigenvalue weighted by Crippen LogP contribution is 2.25. The molecule has 1 amide bonds. The zero-order valence-corrected chi connectivity index (χ0v) is 16.2. The summed E-state index contributed by atoms with van der Waals surface area (Å²) in [6.07, 6.45) is 3.46. The van der Waals surface area contributed by atoms with Crippen molar-refractivity contribution in [3.63, 3.8) is 0 Å². The standard InChI is InChI=1S/C17H16Cl3N5O/c1-11-7-16(22-17(26)5-6-24-9-12(18)8-21-24)23-25(11)10-13-14(19)3-2-4-15(13)20/h2-4,7-9H,5-6,10H2,1H3,(H,22,23,26). The van der Waals surface area contributed by atoms with Gasteiger partial charge in [-0.2, -0.15) is 10.2 Å². The van der Waals surface area contributed by atoms with Crippen LogP contribution in [-0.2, 0) is 17.9 Å². The van der Waals surface area contributed by atoms with E-state index in [1.807, 2.05) is 6.92 Å². The van der Waals surface area contributed by atoms with E-state index in [1.54, 1.807) is 39.8 Å². The Kier molecular flexibility index (Phi) is 5.86. The van der Waals surface area contributed by atoms with Crippen LogP contribution in [0.3, 0.4) is 0 Å². The summed E-state index contributed by atoms with van der Waals surface area (Å²) in [5.74, 6) is 0.325. The van der Waals surface area contributed by atoms with Gasteiger partial charge in [-0.05, 0) is 19.1 Å². The van der Waals surface area contributed by atoms with Crippen LogP contribution in [-0.4, -0.2) is 25.5 Å². The van der Waals surface area contributed by atoms with Crippen LogP contribution >= 0.6 is 34.8 Å². The number of benzene rings is 1. The number of hydrogen-bond acceptors (Lipinski definition) is 3. The summed E-state index contributed by atoms with van der Waals surface area (Å²) in [6, 6.07) is 7.16. The Morgan fingerprint density at radius 3 is 2.62 bits per heavy atom. The van der Waals surface area contributed by atoms with Gasteiger partial charge in [0.2, 0.25) is 5.91 Å². The summed E-state index contributed by atoms with van der Waals surface area (Å²) in [6.45, 7) is 2.76. The Hall–Kier alpha value is -2.02. The van der Waals surface area contributed by atoms with Gasteiger partial charge in [-0.25, -0.2) is 0 Å². The largest absolute Gasteiger partial charge is 0.309 e. The van der Waals surface area contributed by atoms with Gasteiger partial charge < -0.3 is 5.32 Å². The van der Waals surface area contributed by atoms with Crippen LogP contribution in [0.5, 0.6) is 0 Å². The third-order valence-electron chi connectivity index (χ3n) is 3.79. The molecule has 1 aromatic carbocycles. The zero-order chi connectivity index (χ0) is 18.7. The average molecular weight is 413 g/mol. The maximum Gasteiger partial charge on any atom is 0.227 e. The number of amides is 1. The summed E-state index contributed by atoms with van der Waals surface area (Å²) in [5, 5.41) is 12.9. The van der Waals surface area contributed by atoms with Crippen molar-refractivity contribution in [2.75, 3.05) is 5.32 Å². The molecule has 0 saturated heterocycles. The lowest BCUT2D eigenvalue weighted by molar-refractivity contribution is -0.116. The van der Waals surface area contributed by atoms with Crippen LogP contribution in [0.25, 0.3) is 0 Å². The highest BCUT2D eigenvalue weighted by Gasteiger charge is 2.12. The van der Waals surface area contributed by atoms with E-state index in [0.717, 1.165) is 11.3 Å². The van der Waals surface area contributed by atoms with Crippen molar-refractivity contribution in [1.29, 1.82) is 0 Å². The van der Waals surface area contributed by atoms with Crippen molar-refractivity contribution in [2.45, 2.75) is 26.4 Å². The lowest BCUT2D eigenvalue weighted by atomic mass is 10.2. The van der Waals surface area contributed by atoms with Crippen molar-refractivity contribution in [3.8, 4) is 0 Å². The van der Waals surface area contributed by atoms with Gasteiger partial charge in [-0.3, -0.25) is 14.2 Å². The summed E-state index contributed by atoms with van der Waals surface area (Å²) in [5.41, 5.74) is 1.67. The fraction of sp³-hybridized carbons (Fsp3) is 0.235. The number of carbonyl (C=O) groups is 1. The molecule has 26 heavy (non-hydrogen) atoms. The minimum Gasteiger partial charge on any atom is -0.309 e. The highest BCUT2D eigenvalue weighted by atomic mass is 35.5. The maximum atomic E-state index is 12.1. The Morgan fingerprint density at radius 1 is 1.23 bits per heavy atom. The molecule has 136 valence electrons. The first-order chi connectivity index (χ1) is 12.4. The van der Waals surface area contributed by atoms with Crippen molar-refractivity contribution in [1.82, 2.24) is 19.6 Å². The van der Waals surface area contributed by atoms with Crippen molar-refractivity contribution < 1.29 is 4.79 Å². The number of nitrogens with one attached hydrogen (secondary N) is 1. The van der Waals surface area contributed by atoms with Gasteiger partial charge in [0, 0.05) is 46.5 Å². The van der Waals surface area contributed by atoms with Gasteiger partial charge in [0.05, 0.1) is 17.8 Å². The van der Waals surface area contributed by atoms with E-state index in [2.05, 4.69) is 15.5 Å². The van der Waals surface area contributed by atoms with Crippen LogP contribution < -0.4 is 5.32 Å². The molecule has 0 atom stereocenters. The molecule has 0 fully saturated rings. The minimum atomic E-state index is -0.156. The molecule has 0 aliphatic heterocycles. The van der Waals surface area contributed by atoms with E-state index in [1.165, 1.54) is 6.20 Å². The third kappa shape index (κ3) is 4.58. The molecule has 0 radical (unpaired) electrons. The first-order valence-electron chi connectivity index (χ1n) is 7.87. The SMILES string of the molecule is Cc1cc(NC(=O)CCn2cc(Cl)cn2)nn1Cc1c(Cl)cccc1Cl. The van der Waals surface area contributed by atoms with E-state index in [9.17, 15) is 4.79 Å². The summed E-state index contributed by atoms with van der Waals surface area (Å²) >= 11 is 18.2. The predicted molar refractivity (Wildman–Crippen MR) is 103 cm³/mol. The lowest BCUT2D eigenvalue weighted by Gasteiger charge is -2.08. The molecule has 0 unspecified atom stereocenters. The van der Waals surface area contributed by atoms with E-state index >= 15 is 0 Å². The minimum absolute atomic E-state index is 0.156. The van der Waals surface area contributed by atoms with E-state index in [4.69, 9.17) is 34.8 Å². The predicted octanol–water partition coefficient (Wildman–Crippen LogP) is 4.43. The van der Waals surface area contributed by atoms with E-state index in [-0.39, 0.29) is 12.3 Å². The molecule has 0 bridgehead atoms. The first-order valence-corrected chi connectivity index (χ1v) is 9.01. The summed E-state index contributed by atoms with van der Waals surface area (Å²) in [7, 11) is 0. The number of halogens is 3. The number of anilines is 1. The molecule has 2 aromatic heterocycles. The van der Waals surface area contributed by atoms with Gasteiger partial charge in [0.25, 0.3) is 0 Å². The highest BCUT2D eigenvalue weighted by molar-refractivity contribution is 6.36. The fourth-order valence-electron chi connectivity index (χ4n) is 2.45. The van der Waals surface area contributed by atoms with Crippen LogP contribution in [0.4, 0.5) is 5.82 Å². The topological polar surface area (TPSA) is 64.7 Å². The number of hydrogen-bond donors (Lipinski definition) is 1. The maximum absolute atomic E-state index is 12.1. The summed E-state index contributed by atoms with van der Waals surface area (Å²) < 4.78 is 3.36. The van der Waals surface area contributed by atoms with Crippen LogP contribution in [0.2, 0.25) is 15.1 Å². The quantitative estimate of drug-likeness (QED) is 0.651. The zero-order valence-electron chi connectivity index (χ0n) is 13.9. The monoisotopic (exact) mass is 411 g/mol. The molecular formula is C17H16Cl3N5O. The van der Waals surface area contributed by atoms with Crippen LogP contribution in [0, 0.1) is 6.92 Å². The molecule has 9 heteroatoms. The number of aryl methyl sites for hydroxylation is 2. The lowest BCUT2D eigenvalue weighted by Crippen LogP contribution is -2.15. The molecule has 6 nitrogen and oxygen atoms in total. The van der Waals surface area contributed by atoms with Crippen molar-refractivity contribution in [2.24, 2.45) is 0 Å². The second-order valence-electron chi connectivity index (χ2n) is 5.75. The number of carbonyl (C=O) groups excluding carboxylic acids is 1. The molecule has 0 aliphatic carbocycles. The summed E-state index contributed by atoms with van der Waals surface area (Å²) in [4.78, 5) is 12.1. The fourth-order valence-corrected chi connectivity index (χ4v) is 3.12. The molecular weight excluding hydrogens is 397 g/mol. The van der Waals surface area contributed by atoms with Crippen molar-refractivity contribution >= 4 is 46.5 Å². The van der Waals surface area contributed by atoms with Gasteiger partial charge in [-0.15, -0.1) is 0 Å². The number of aromatic nitrogens is 4. The van der Waals surface area contributed by atoms with Crippen LogP contribution in [0.1, 0.15) is 17.7 Å². The molecule has 0 aliphatic rings. The van der Waals surface area contributed by atoms with Crippen LogP contribution in [0.15, 0.2) is 36.7 Å². The molecule has 3 rings (SSSR count). The second-order valence-corrected chi connectivity index (χ2v) is 7.00. The average Bonchev–Trinajstić information content (AvgIpc) is 3.15. The third-order valence-corrected chi connectivity index (χ3v) is 4.69. The van der Waals surface area contributed by atoms with Gasteiger partial charge in [-0.1, -0.05) is 40.9 Å². The molecule has 2 heterocycles. The molecule has 0 spiro atoms. The number of rotatable bonds is 6.